The Labute approximate surface area is 201 Å². The second kappa shape index (κ2) is 10.3. The van der Waals surface area contributed by atoms with Crippen LogP contribution in [-0.4, -0.2) is 30.9 Å². The summed E-state index contributed by atoms with van der Waals surface area (Å²) in [6.07, 6.45) is 5.09. The van der Waals surface area contributed by atoms with Crippen LogP contribution in [0.5, 0.6) is 11.5 Å². The van der Waals surface area contributed by atoms with Gasteiger partial charge in [0.2, 0.25) is 0 Å². The summed E-state index contributed by atoms with van der Waals surface area (Å²) < 4.78 is 11.6. The second-order valence-corrected chi connectivity index (χ2v) is 9.23. The van der Waals surface area contributed by atoms with Gasteiger partial charge >= 0.3 is 0 Å². The van der Waals surface area contributed by atoms with E-state index in [0.717, 1.165) is 54.7 Å². The largest absolute Gasteiger partial charge is 0.493 e. The fraction of sp³-hybridized carbons (Fsp3) is 0.300. The number of benzene rings is 3. The Morgan fingerprint density at radius 3 is 2.26 bits per heavy atom. The van der Waals surface area contributed by atoms with Crippen LogP contribution < -0.4 is 9.47 Å². The molecule has 1 heterocycles. The van der Waals surface area contributed by atoms with E-state index in [1.54, 1.807) is 7.11 Å². The van der Waals surface area contributed by atoms with Crippen molar-refractivity contribution < 1.29 is 14.3 Å². The van der Waals surface area contributed by atoms with Crippen LogP contribution in [0.2, 0.25) is 0 Å². The topological polar surface area (TPSA) is 38.8 Å². The van der Waals surface area contributed by atoms with Gasteiger partial charge in [-0.3, -0.25) is 9.69 Å². The van der Waals surface area contributed by atoms with E-state index in [0.29, 0.717) is 30.4 Å². The van der Waals surface area contributed by atoms with Crippen molar-refractivity contribution >= 4 is 5.78 Å². The molecule has 0 amide bonds. The van der Waals surface area contributed by atoms with E-state index >= 15 is 0 Å². The maximum Gasteiger partial charge on any atom is 0.189 e. The molecular formula is C30H31NO3. The van der Waals surface area contributed by atoms with Crippen molar-refractivity contribution in [1.29, 1.82) is 0 Å². The molecule has 0 spiro atoms. The summed E-state index contributed by atoms with van der Waals surface area (Å²) in [4.78, 5) is 15.7. The van der Waals surface area contributed by atoms with Crippen molar-refractivity contribution in [3.63, 3.8) is 0 Å². The average Bonchev–Trinajstić information content (AvgIpc) is 3.18. The van der Waals surface area contributed by atoms with Crippen molar-refractivity contribution in [1.82, 2.24) is 4.90 Å². The molecule has 0 N–H and O–H groups in total. The Kier molecular flexibility index (Phi) is 6.77. The van der Waals surface area contributed by atoms with E-state index in [4.69, 9.17) is 9.47 Å². The quantitative estimate of drug-likeness (QED) is 0.421. The van der Waals surface area contributed by atoms with Crippen LogP contribution >= 0.6 is 0 Å². The molecule has 1 aliphatic carbocycles. The molecule has 3 aromatic carbocycles. The highest BCUT2D eigenvalue weighted by Gasteiger charge is 2.29. The van der Waals surface area contributed by atoms with Gasteiger partial charge in [0.15, 0.2) is 17.3 Å². The Hall–Kier alpha value is -3.37. The highest BCUT2D eigenvalue weighted by molar-refractivity contribution is 6.13. The zero-order valence-electron chi connectivity index (χ0n) is 19.7. The van der Waals surface area contributed by atoms with E-state index in [-0.39, 0.29) is 5.78 Å². The predicted octanol–water partition coefficient (Wildman–Crippen LogP) is 5.85. The van der Waals surface area contributed by atoms with E-state index in [1.807, 2.05) is 42.5 Å². The van der Waals surface area contributed by atoms with Crippen LogP contribution in [0.4, 0.5) is 0 Å². The van der Waals surface area contributed by atoms with E-state index < -0.39 is 0 Å². The normalized spacial score (nSPS) is 17.7. The Bertz CT molecular complexity index is 1160. The number of likely N-dealkylation sites (tertiary alicyclic amines) is 1. The van der Waals surface area contributed by atoms with Gasteiger partial charge in [0.05, 0.1) is 7.11 Å². The highest BCUT2D eigenvalue weighted by atomic mass is 16.5. The summed E-state index contributed by atoms with van der Waals surface area (Å²) in [7, 11) is 1.65. The second-order valence-electron chi connectivity index (χ2n) is 9.23. The van der Waals surface area contributed by atoms with Gasteiger partial charge in [-0.2, -0.15) is 0 Å². The molecule has 4 heteroatoms. The third kappa shape index (κ3) is 5.07. The van der Waals surface area contributed by atoms with Crippen LogP contribution in [0.1, 0.15) is 39.9 Å². The number of Topliss-reactive ketones (excluding diaryl/α,β-unsaturated/α-hetero) is 1. The summed E-state index contributed by atoms with van der Waals surface area (Å²) in [6, 6.07) is 24.5. The minimum absolute atomic E-state index is 0.133. The zero-order valence-corrected chi connectivity index (χ0v) is 19.7. The lowest BCUT2D eigenvalue weighted by Gasteiger charge is -2.30. The SMILES string of the molecule is COc1cc2c(cc1OCc1ccccc1)C(=O)/C(=C\C1CCN(Cc3ccccc3)CC1)C2. The number of nitrogens with zero attached hydrogens (tertiary/aromatic N) is 1. The van der Waals surface area contributed by atoms with E-state index in [1.165, 1.54) is 5.56 Å². The number of carbonyl (C=O) groups is 1. The first kappa shape index (κ1) is 22.4. The number of hydrogen-bond acceptors (Lipinski definition) is 4. The highest BCUT2D eigenvalue weighted by Crippen LogP contribution is 2.38. The van der Waals surface area contributed by atoms with Crippen LogP contribution in [0.3, 0.4) is 0 Å². The minimum atomic E-state index is 0.133. The predicted molar refractivity (Wildman–Crippen MR) is 134 cm³/mol. The van der Waals surface area contributed by atoms with E-state index in [2.05, 4.69) is 41.3 Å². The minimum Gasteiger partial charge on any atom is -0.493 e. The third-order valence-electron chi connectivity index (χ3n) is 6.86. The van der Waals surface area contributed by atoms with Gasteiger partial charge in [-0.05, 0) is 60.7 Å². The molecule has 3 aromatic rings. The summed E-state index contributed by atoms with van der Waals surface area (Å²) in [5, 5.41) is 0. The molecule has 0 saturated carbocycles. The Balaban J connectivity index is 1.24. The third-order valence-corrected chi connectivity index (χ3v) is 6.86. The fourth-order valence-corrected chi connectivity index (χ4v) is 4.96. The summed E-state index contributed by atoms with van der Waals surface area (Å²) in [5.74, 6) is 1.89. The van der Waals surface area contributed by atoms with Gasteiger partial charge in [0.1, 0.15) is 6.61 Å². The molecule has 1 saturated heterocycles. The first-order valence-electron chi connectivity index (χ1n) is 12.1. The Morgan fingerprint density at radius 2 is 1.59 bits per heavy atom. The van der Waals surface area contributed by atoms with Crippen molar-refractivity contribution in [3.8, 4) is 11.5 Å². The van der Waals surface area contributed by atoms with Crippen LogP contribution in [-0.2, 0) is 19.6 Å². The maximum atomic E-state index is 13.2. The van der Waals surface area contributed by atoms with Crippen molar-refractivity contribution in [2.24, 2.45) is 5.92 Å². The summed E-state index contributed by atoms with van der Waals surface area (Å²) in [6.45, 7) is 3.57. The number of ketones is 1. The molecule has 5 rings (SSSR count). The molecule has 1 fully saturated rings. The lowest BCUT2D eigenvalue weighted by atomic mass is 9.93. The van der Waals surface area contributed by atoms with E-state index in [9.17, 15) is 4.79 Å². The lowest BCUT2D eigenvalue weighted by Crippen LogP contribution is -2.32. The number of fused-ring (bicyclic) bond motifs is 1. The fourth-order valence-electron chi connectivity index (χ4n) is 4.96. The van der Waals surface area contributed by atoms with Crippen LogP contribution in [0, 0.1) is 5.92 Å². The standard InChI is InChI=1S/C30H31NO3/c1-33-28-18-25-17-26(16-22-12-14-31(15-13-22)20-23-8-4-2-5-9-23)30(32)27(25)19-29(28)34-21-24-10-6-3-7-11-24/h2-11,16,18-19,22H,12-15,17,20-21H2,1H3/b26-16-. The van der Waals surface area contributed by atoms with Crippen molar-refractivity contribution in [2.75, 3.05) is 20.2 Å². The molecule has 34 heavy (non-hydrogen) atoms. The van der Waals surface area contributed by atoms with Gasteiger partial charge in [-0.15, -0.1) is 0 Å². The molecule has 174 valence electrons. The van der Waals surface area contributed by atoms with Crippen molar-refractivity contribution in [3.05, 3.63) is 107 Å². The number of hydrogen-bond donors (Lipinski definition) is 0. The first-order valence-corrected chi connectivity index (χ1v) is 12.1. The number of ether oxygens (including phenoxy) is 2. The lowest BCUT2D eigenvalue weighted by molar-refractivity contribution is 0.103. The first-order chi connectivity index (χ1) is 16.7. The number of allylic oxidation sites excluding steroid dienone is 2. The van der Waals surface area contributed by atoms with Gasteiger partial charge in [0.25, 0.3) is 0 Å². The van der Waals surface area contributed by atoms with Crippen molar-refractivity contribution in [2.45, 2.75) is 32.4 Å². The molecule has 2 aliphatic rings. The molecule has 0 atom stereocenters. The molecule has 0 unspecified atom stereocenters. The molecule has 4 nitrogen and oxygen atoms in total. The van der Waals surface area contributed by atoms with Gasteiger partial charge in [-0.25, -0.2) is 0 Å². The van der Waals surface area contributed by atoms with Crippen LogP contribution in [0.25, 0.3) is 0 Å². The Morgan fingerprint density at radius 1 is 0.912 bits per heavy atom. The molecule has 0 aromatic heterocycles. The molecule has 0 radical (unpaired) electrons. The summed E-state index contributed by atoms with van der Waals surface area (Å²) in [5.41, 5.74) is 5.13. The smallest absolute Gasteiger partial charge is 0.189 e. The number of piperidine rings is 1. The number of methoxy groups -OCH3 is 1. The zero-order chi connectivity index (χ0) is 23.3. The monoisotopic (exact) mass is 453 g/mol. The van der Waals surface area contributed by atoms with Crippen LogP contribution in [0.15, 0.2) is 84.4 Å². The van der Waals surface area contributed by atoms with Gasteiger partial charge in [-0.1, -0.05) is 66.7 Å². The van der Waals surface area contributed by atoms with Gasteiger partial charge in [0, 0.05) is 24.1 Å². The number of rotatable bonds is 7. The van der Waals surface area contributed by atoms with Gasteiger partial charge < -0.3 is 9.47 Å². The number of carbonyl (C=O) groups excluding carboxylic acids is 1. The molecular weight excluding hydrogens is 422 g/mol. The molecule has 1 aliphatic heterocycles. The molecule has 0 bridgehead atoms. The summed E-state index contributed by atoms with van der Waals surface area (Å²) >= 11 is 0. The average molecular weight is 454 g/mol. The maximum absolute atomic E-state index is 13.2.